The molecule has 0 bridgehead atoms. The largest absolute Gasteiger partial charge is 0.399 e. The Hall–Kier alpha value is -1.33. The van der Waals surface area contributed by atoms with E-state index < -0.39 is 0 Å². The quantitative estimate of drug-likeness (QED) is 0.707. The summed E-state index contributed by atoms with van der Waals surface area (Å²) in [6, 6.07) is 8.06. The van der Waals surface area contributed by atoms with E-state index in [0.717, 1.165) is 41.9 Å². The predicted molar refractivity (Wildman–Crippen MR) is 89.3 cm³/mol. The lowest BCUT2D eigenvalue weighted by atomic mass is 10.3. The average molecular weight is 350 g/mol. The maximum Gasteiger partial charge on any atom is 0.110 e. The minimum Gasteiger partial charge on any atom is -0.399 e. The van der Waals surface area contributed by atoms with Gasteiger partial charge in [-0.05, 0) is 52.0 Å². The van der Waals surface area contributed by atoms with Crippen molar-refractivity contribution in [1.29, 1.82) is 0 Å². The summed E-state index contributed by atoms with van der Waals surface area (Å²) in [5, 5.41) is 2.11. The molecule has 20 heavy (non-hydrogen) atoms. The second-order valence-electron chi connectivity index (χ2n) is 4.80. The number of anilines is 1. The number of imidazole rings is 1. The Morgan fingerprint density at radius 1 is 1.35 bits per heavy atom. The number of nitrogen functional groups attached to an aromatic ring is 1. The smallest absolute Gasteiger partial charge is 0.110 e. The molecule has 2 N–H and O–H groups in total. The number of halogens is 1. The summed E-state index contributed by atoms with van der Waals surface area (Å²) in [5.41, 5.74) is 8.77. The first-order valence-corrected chi connectivity index (χ1v) is 8.33. The summed E-state index contributed by atoms with van der Waals surface area (Å²) in [6.07, 6.45) is 2.07. The molecule has 5 heteroatoms. The number of thiophene rings is 1. The van der Waals surface area contributed by atoms with Gasteiger partial charge in [0.25, 0.3) is 0 Å². The van der Waals surface area contributed by atoms with Crippen LogP contribution < -0.4 is 5.73 Å². The van der Waals surface area contributed by atoms with Crippen molar-refractivity contribution in [3.63, 3.8) is 0 Å². The first-order chi connectivity index (χ1) is 9.69. The van der Waals surface area contributed by atoms with Crippen LogP contribution in [0.1, 0.15) is 24.0 Å². The summed E-state index contributed by atoms with van der Waals surface area (Å²) in [6.45, 7) is 3.03. The third-order valence-electron chi connectivity index (χ3n) is 3.32. The highest BCUT2D eigenvalue weighted by Crippen LogP contribution is 2.27. The van der Waals surface area contributed by atoms with Crippen molar-refractivity contribution in [2.45, 2.75) is 26.3 Å². The van der Waals surface area contributed by atoms with Gasteiger partial charge in [0.15, 0.2) is 0 Å². The molecular weight excluding hydrogens is 334 g/mol. The average Bonchev–Trinajstić information content (AvgIpc) is 2.96. The topological polar surface area (TPSA) is 43.8 Å². The van der Waals surface area contributed by atoms with Gasteiger partial charge in [0, 0.05) is 21.5 Å². The fourth-order valence-electron chi connectivity index (χ4n) is 2.37. The van der Waals surface area contributed by atoms with Crippen LogP contribution in [0.15, 0.2) is 34.1 Å². The second kappa shape index (κ2) is 5.58. The van der Waals surface area contributed by atoms with Gasteiger partial charge in [-0.25, -0.2) is 4.98 Å². The van der Waals surface area contributed by atoms with Crippen molar-refractivity contribution in [2.75, 3.05) is 5.73 Å². The van der Waals surface area contributed by atoms with Crippen molar-refractivity contribution < 1.29 is 0 Å². The predicted octanol–water partition coefficient (Wildman–Crippen LogP) is 4.44. The molecule has 0 spiro atoms. The molecule has 1 aromatic carbocycles. The molecular formula is C15H16BrN3S. The van der Waals surface area contributed by atoms with Gasteiger partial charge in [0.2, 0.25) is 0 Å². The van der Waals surface area contributed by atoms with Crippen molar-refractivity contribution in [3.8, 4) is 0 Å². The molecule has 0 aliphatic heterocycles. The fraction of sp³-hybridized carbons (Fsp3) is 0.267. The van der Waals surface area contributed by atoms with Gasteiger partial charge in [0.05, 0.1) is 17.6 Å². The van der Waals surface area contributed by atoms with E-state index in [9.17, 15) is 0 Å². The molecule has 104 valence electrons. The molecule has 2 heterocycles. The molecule has 3 aromatic rings. The maximum absolute atomic E-state index is 5.86. The number of aromatic nitrogens is 2. The minimum absolute atomic E-state index is 0.766. The van der Waals surface area contributed by atoms with Gasteiger partial charge < -0.3 is 10.3 Å². The number of nitrogens with zero attached hydrogens (tertiary/aromatic N) is 2. The number of fused-ring (bicyclic) bond motifs is 1. The zero-order valence-electron chi connectivity index (χ0n) is 11.3. The van der Waals surface area contributed by atoms with Crippen LogP contribution >= 0.6 is 27.3 Å². The SMILES string of the molecule is CCCc1nc2cc(N)ccc2n1Cc1sccc1Br. The van der Waals surface area contributed by atoms with E-state index in [-0.39, 0.29) is 0 Å². The lowest BCUT2D eigenvalue weighted by Crippen LogP contribution is -2.04. The van der Waals surface area contributed by atoms with Crippen molar-refractivity contribution in [3.05, 3.63) is 44.8 Å². The fourth-order valence-corrected chi connectivity index (χ4v) is 3.83. The van der Waals surface area contributed by atoms with Gasteiger partial charge in [-0.2, -0.15) is 0 Å². The number of benzene rings is 1. The summed E-state index contributed by atoms with van der Waals surface area (Å²) in [7, 11) is 0. The Morgan fingerprint density at radius 2 is 2.20 bits per heavy atom. The molecule has 3 rings (SSSR count). The number of aryl methyl sites for hydroxylation is 1. The molecule has 0 radical (unpaired) electrons. The first-order valence-electron chi connectivity index (χ1n) is 6.65. The van der Waals surface area contributed by atoms with E-state index in [1.165, 1.54) is 9.35 Å². The van der Waals surface area contributed by atoms with Crippen molar-refractivity contribution >= 4 is 44.0 Å². The van der Waals surface area contributed by atoms with E-state index in [4.69, 9.17) is 10.7 Å². The molecule has 0 amide bonds. The molecule has 0 saturated heterocycles. The molecule has 3 nitrogen and oxygen atoms in total. The van der Waals surface area contributed by atoms with Crippen LogP contribution in [-0.4, -0.2) is 9.55 Å². The highest BCUT2D eigenvalue weighted by Gasteiger charge is 2.12. The molecule has 0 aliphatic rings. The Balaban J connectivity index is 2.11. The lowest BCUT2D eigenvalue weighted by molar-refractivity contribution is 0.726. The highest BCUT2D eigenvalue weighted by atomic mass is 79.9. The third kappa shape index (κ3) is 2.47. The molecule has 0 aliphatic carbocycles. The summed E-state index contributed by atoms with van der Waals surface area (Å²) < 4.78 is 3.47. The maximum atomic E-state index is 5.86. The van der Waals surface area contributed by atoms with Crippen molar-refractivity contribution in [1.82, 2.24) is 9.55 Å². The molecule has 0 saturated carbocycles. The van der Waals surface area contributed by atoms with Gasteiger partial charge in [0.1, 0.15) is 5.82 Å². The van der Waals surface area contributed by atoms with Crippen LogP contribution in [0.2, 0.25) is 0 Å². The zero-order valence-corrected chi connectivity index (χ0v) is 13.7. The van der Waals surface area contributed by atoms with E-state index >= 15 is 0 Å². The number of hydrogen-bond donors (Lipinski definition) is 1. The summed E-state index contributed by atoms with van der Waals surface area (Å²) >= 11 is 5.37. The summed E-state index contributed by atoms with van der Waals surface area (Å²) in [5.74, 6) is 1.13. The monoisotopic (exact) mass is 349 g/mol. The molecule has 0 unspecified atom stereocenters. The second-order valence-corrected chi connectivity index (χ2v) is 6.66. The van der Waals surface area contributed by atoms with Gasteiger partial charge in [-0.1, -0.05) is 6.92 Å². The molecule has 2 aromatic heterocycles. The van der Waals surface area contributed by atoms with Crippen LogP contribution in [0.4, 0.5) is 5.69 Å². The number of hydrogen-bond acceptors (Lipinski definition) is 3. The van der Waals surface area contributed by atoms with E-state index in [2.05, 4.69) is 44.9 Å². The Labute approximate surface area is 130 Å². The van der Waals surface area contributed by atoms with Gasteiger partial charge >= 0.3 is 0 Å². The highest BCUT2D eigenvalue weighted by molar-refractivity contribution is 9.10. The normalized spacial score (nSPS) is 11.3. The number of nitrogens with two attached hydrogens (primary N) is 1. The van der Waals surface area contributed by atoms with Crippen LogP contribution in [0.5, 0.6) is 0 Å². The first kappa shape index (κ1) is 13.6. The summed E-state index contributed by atoms with van der Waals surface area (Å²) in [4.78, 5) is 6.06. The lowest BCUT2D eigenvalue weighted by Gasteiger charge is -2.08. The van der Waals surface area contributed by atoms with E-state index in [1.807, 2.05) is 12.1 Å². The van der Waals surface area contributed by atoms with Gasteiger partial charge in [-0.15, -0.1) is 11.3 Å². The van der Waals surface area contributed by atoms with Crippen LogP contribution in [0.3, 0.4) is 0 Å². The molecule has 0 fully saturated rings. The van der Waals surface area contributed by atoms with Crippen molar-refractivity contribution in [2.24, 2.45) is 0 Å². The van der Waals surface area contributed by atoms with E-state index in [0.29, 0.717) is 0 Å². The third-order valence-corrected chi connectivity index (χ3v) is 5.23. The standard InChI is InChI=1S/C15H16BrN3S/c1-2-3-15-18-12-8-10(17)4-5-13(12)19(15)9-14-11(16)6-7-20-14/h4-8H,2-3,9,17H2,1H3. The van der Waals surface area contributed by atoms with Gasteiger partial charge in [-0.3, -0.25) is 0 Å². The van der Waals surface area contributed by atoms with Crippen LogP contribution in [0.25, 0.3) is 11.0 Å². The zero-order chi connectivity index (χ0) is 14.1. The van der Waals surface area contributed by atoms with Crippen LogP contribution in [-0.2, 0) is 13.0 Å². The Kier molecular flexibility index (Phi) is 3.81. The Bertz CT molecular complexity index is 745. The molecule has 0 atom stereocenters. The van der Waals surface area contributed by atoms with Crippen LogP contribution in [0, 0.1) is 0 Å². The Morgan fingerprint density at radius 3 is 2.90 bits per heavy atom. The minimum atomic E-state index is 0.766. The number of rotatable bonds is 4. The van der Waals surface area contributed by atoms with E-state index in [1.54, 1.807) is 11.3 Å².